The highest BCUT2D eigenvalue weighted by molar-refractivity contribution is 8.01. The molecule has 0 aliphatic carbocycles. The fraction of sp³-hybridized carbons (Fsp3) is 0.174. The predicted molar refractivity (Wildman–Crippen MR) is 220 cm³/mol. The Hall–Kier alpha value is -5.08. The molecule has 0 aromatic heterocycles. The second-order valence-electron chi connectivity index (χ2n) is 12.6. The van der Waals surface area contributed by atoms with E-state index in [0.29, 0.717) is 0 Å². The van der Waals surface area contributed by atoms with Gasteiger partial charge in [0.1, 0.15) is 6.04 Å². The molecule has 0 spiro atoms. The molecule has 3 N–H and O–H groups in total. The molecule has 0 aliphatic heterocycles. The fourth-order valence-corrected chi connectivity index (χ4v) is 9.76. The van der Waals surface area contributed by atoms with Gasteiger partial charge in [-0.15, -0.1) is 23.5 Å². The van der Waals surface area contributed by atoms with E-state index in [9.17, 15) is 9.59 Å². The van der Waals surface area contributed by atoms with Crippen LogP contribution in [0.1, 0.15) is 40.3 Å². The Morgan fingerprint density at radius 3 is 1.09 bits per heavy atom. The van der Waals surface area contributed by atoms with Gasteiger partial charge in [0.15, 0.2) is 0 Å². The van der Waals surface area contributed by atoms with Crippen LogP contribution < -0.4 is 11.1 Å². The largest absolute Gasteiger partial charge is 0.464 e. The Morgan fingerprint density at radius 1 is 0.528 bits per heavy atom. The minimum Gasteiger partial charge on any atom is -0.464 e. The van der Waals surface area contributed by atoms with Crippen molar-refractivity contribution in [3.8, 4) is 0 Å². The van der Waals surface area contributed by atoms with E-state index in [2.05, 4.69) is 78.1 Å². The summed E-state index contributed by atoms with van der Waals surface area (Å²) in [4.78, 5) is 27.7. The van der Waals surface area contributed by atoms with E-state index >= 15 is 0 Å². The Kier molecular flexibility index (Phi) is 12.9. The number of nitrogens with one attached hydrogen (secondary N) is 1. The van der Waals surface area contributed by atoms with E-state index in [1.165, 1.54) is 0 Å². The zero-order chi connectivity index (χ0) is 36.9. The summed E-state index contributed by atoms with van der Waals surface area (Å²) in [5.74, 6) is -0.382. The standard InChI is InChI=1S/C46H44N2O3S2/c1-2-51-44(50)42(34-53-46(38-27-15-6-16-28-38,39-29-17-7-18-30-39)40-31-19-8-20-32-40)48-43(49)41(47)33-52-45(35-21-9-3-10-22-35,36-23-11-4-12-24-36)37-25-13-5-14-26-37/h3-32,41-42H,2,33-34,47H2,1H3,(H,48,49)/t41-,42-/m0/s1. The molecule has 0 saturated carbocycles. The molecular formula is C46H44N2O3S2. The molecule has 2 atom stereocenters. The van der Waals surface area contributed by atoms with Crippen LogP contribution in [0.5, 0.6) is 0 Å². The van der Waals surface area contributed by atoms with Crippen LogP contribution in [0.15, 0.2) is 182 Å². The van der Waals surface area contributed by atoms with Crippen LogP contribution in [0.2, 0.25) is 0 Å². The number of ether oxygens (including phenoxy) is 1. The number of benzene rings is 6. The monoisotopic (exact) mass is 736 g/mol. The second-order valence-corrected chi connectivity index (χ2v) is 15.1. The molecule has 53 heavy (non-hydrogen) atoms. The van der Waals surface area contributed by atoms with Crippen molar-refractivity contribution in [1.82, 2.24) is 5.32 Å². The number of carbonyl (C=O) groups is 2. The summed E-state index contributed by atoms with van der Waals surface area (Å²) in [7, 11) is 0. The van der Waals surface area contributed by atoms with Crippen molar-refractivity contribution in [1.29, 1.82) is 0 Å². The van der Waals surface area contributed by atoms with E-state index in [-0.39, 0.29) is 18.1 Å². The zero-order valence-electron chi connectivity index (χ0n) is 29.7. The first-order chi connectivity index (χ1) is 26.0. The van der Waals surface area contributed by atoms with Gasteiger partial charge in [0.25, 0.3) is 0 Å². The highest BCUT2D eigenvalue weighted by Crippen LogP contribution is 2.50. The van der Waals surface area contributed by atoms with Crippen molar-refractivity contribution in [3.63, 3.8) is 0 Å². The molecule has 0 heterocycles. The van der Waals surface area contributed by atoms with Crippen LogP contribution in [-0.2, 0) is 23.8 Å². The van der Waals surface area contributed by atoms with Gasteiger partial charge in [0, 0.05) is 11.5 Å². The van der Waals surface area contributed by atoms with E-state index in [0.717, 1.165) is 33.4 Å². The predicted octanol–water partition coefficient (Wildman–Crippen LogP) is 8.81. The Balaban J connectivity index is 1.30. The van der Waals surface area contributed by atoms with Crippen molar-refractivity contribution in [2.45, 2.75) is 28.5 Å². The molecule has 6 aromatic rings. The maximum Gasteiger partial charge on any atom is 0.329 e. The van der Waals surface area contributed by atoms with Gasteiger partial charge < -0.3 is 15.8 Å². The number of esters is 1. The molecular weight excluding hydrogens is 693 g/mol. The quantitative estimate of drug-likeness (QED) is 0.0764. The summed E-state index contributed by atoms with van der Waals surface area (Å²) < 4.78 is 4.22. The van der Waals surface area contributed by atoms with Crippen molar-refractivity contribution in [2.75, 3.05) is 18.1 Å². The lowest BCUT2D eigenvalue weighted by Gasteiger charge is -2.37. The highest BCUT2D eigenvalue weighted by atomic mass is 32.2. The van der Waals surface area contributed by atoms with Crippen LogP contribution >= 0.6 is 23.5 Å². The Bertz CT molecular complexity index is 1820. The Labute approximate surface area is 321 Å². The normalized spacial score (nSPS) is 12.7. The first-order valence-corrected chi connectivity index (χ1v) is 19.8. The summed E-state index contributed by atoms with van der Waals surface area (Å²) in [5.41, 5.74) is 13.2. The molecule has 6 rings (SSSR count). The lowest BCUT2D eigenvalue weighted by Crippen LogP contribution is -2.51. The van der Waals surface area contributed by atoms with Crippen LogP contribution in [0.3, 0.4) is 0 Å². The van der Waals surface area contributed by atoms with Gasteiger partial charge >= 0.3 is 5.97 Å². The van der Waals surface area contributed by atoms with E-state index in [1.807, 2.05) is 109 Å². The number of hydrogen-bond acceptors (Lipinski definition) is 6. The molecule has 5 nitrogen and oxygen atoms in total. The molecule has 0 bridgehead atoms. The number of carbonyl (C=O) groups excluding carboxylic acids is 2. The molecule has 7 heteroatoms. The second kappa shape index (κ2) is 18.1. The van der Waals surface area contributed by atoms with E-state index < -0.39 is 33.5 Å². The molecule has 0 unspecified atom stereocenters. The summed E-state index contributed by atoms with van der Waals surface area (Å²) >= 11 is 3.20. The molecule has 0 aliphatic rings. The SMILES string of the molecule is CCOC(=O)[C@H](CSC(c1ccccc1)(c1ccccc1)c1ccccc1)NC(=O)[C@@H](N)CSC(c1ccccc1)(c1ccccc1)c1ccccc1. The van der Waals surface area contributed by atoms with Gasteiger partial charge in [-0.25, -0.2) is 4.79 Å². The van der Waals surface area contributed by atoms with Gasteiger partial charge in [0.2, 0.25) is 5.91 Å². The third kappa shape index (κ3) is 8.44. The molecule has 1 amide bonds. The third-order valence-electron chi connectivity index (χ3n) is 9.25. The first-order valence-electron chi connectivity index (χ1n) is 17.8. The number of amides is 1. The van der Waals surface area contributed by atoms with Crippen molar-refractivity contribution < 1.29 is 14.3 Å². The number of thioether (sulfide) groups is 2. The number of rotatable bonds is 16. The molecule has 268 valence electrons. The number of nitrogens with two attached hydrogens (primary N) is 1. The summed E-state index contributed by atoms with van der Waals surface area (Å²) in [6.07, 6.45) is 0. The highest BCUT2D eigenvalue weighted by Gasteiger charge is 2.40. The van der Waals surface area contributed by atoms with Gasteiger partial charge in [-0.05, 0) is 40.3 Å². The van der Waals surface area contributed by atoms with Crippen LogP contribution in [-0.4, -0.2) is 42.1 Å². The number of hydrogen-bond donors (Lipinski definition) is 2. The lowest BCUT2D eigenvalue weighted by atomic mass is 9.84. The lowest BCUT2D eigenvalue weighted by molar-refractivity contribution is -0.146. The van der Waals surface area contributed by atoms with E-state index in [1.54, 1.807) is 30.4 Å². The molecule has 0 radical (unpaired) electrons. The minimum absolute atomic E-state index is 0.187. The first kappa shape index (κ1) is 37.7. The average molecular weight is 737 g/mol. The third-order valence-corrected chi connectivity index (χ3v) is 12.6. The molecule has 0 saturated heterocycles. The van der Waals surface area contributed by atoms with Gasteiger partial charge in [-0.2, -0.15) is 0 Å². The zero-order valence-corrected chi connectivity index (χ0v) is 31.3. The van der Waals surface area contributed by atoms with Crippen molar-refractivity contribution in [3.05, 3.63) is 215 Å². The molecule has 0 fully saturated rings. The van der Waals surface area contributed by atoms with Crippen LogP contribution in [0, 0.1) is 0 Å². The fourth-order valence-electron chi connectivity index (χ4n) is 6.73. The minimum atomic E-state index is -0.943. The Morgan fingerprint density at radius 2 is 0.811 bits per heavy atom. The average Bonchev–Trinajstić information content (AvgIpc) is 3.23. The van der Waals surface area contributed by atoms with Crippen molar-refractivity contribution >= 4 is 35.4 Å². The summed E-state index contributed by atoms with van der Waals surface area (Å²) in [6, 6.07) is 59.8. The maximum absolute atomic E-state index is 14.1. The maximum atomic E-state index is 14.1. The van der Waals surface area contributed by atoms with Gasteiger partial charge in [0.05, 0.1) is 22.1 Å². The smallest absolute Gasteiger partial charge is 0.329 e. The van der Waals surface area contributed by atoms with Crippen LogP contribution in [0.25, 0.3) is 0 Å². The summed E-state index contributed by atoms with van der Waals surface area (Å²) in [5, 5.41) is 3.01. The van der Waals surface area contributed by atoms with Gasteiger partial charge in [-0.3, -0.25) is 4.79 Å². The summed E-state index contributed by atoms with van der Waals surface area (Å²) in [6.45, 7) is 1.96. The van der Waals surface area contributed by atoms with Crippen molar-refractivity contribution in [2.24, 2.45) is 5.73 Å². The van der Waals surface area contributed by atoms with Gasteiger partial charge in [-0.1, -0.05) is 182 Å². The van der Waals surface area contributed by atoms with Crippen LogP contribution in [0.4, 0.5) is 0 Å². The topological polar surface area (TPSA) is 81.4 Å². The molecule has 6 aromatic carbocycles. The van der Waals surface area contributed by atoms with E-state index in [4.69, 9.17) is 10.5 Å².